The van der Waals surface area contributed by atoms with E-state index in [9.17, 15) is 8.42 Å². The molecule has 1 aromatic carbocycles. The minimum Gasteiger partial charge on any atom is -0.223 e. The lowest BCUT2D eigenvalue weighted by atomic mass is 10.1. The van der Waals surface area contributed by atoms with Crippen LogP contribution in [0.2, 0.25) is 0 Å². The van der Waals surface area contributed by atoms with Gasteiger partial charge in [0.05, 0.1) is 10.1 Å². The van der Waals surface area contributed by atoms with Crippen LogP contribution in [0.3, 0.4) is 0 Å². The van der Waals surface area contributed by atoms with Crippen LogP contribution in [0, 0.1) is 0 Å². The summed E-state index contributed by atoms with van der Waals surface area (Å²) in [4.78, 5) is 0.525. The smallest absolute Gasteiger partial charge is 0.181 e. The number of sulfone groups is 1. The minimum absolute atomic E-state index is 0.241. The van der Waals surface area contributed by atoms with Gasteiger partial charge in [0.15, 0.2) is 9.84 Å². The second-order valence-corrected chi connectivity index (χ2v) is 5.50. The van der Waals surface area contributed by atoms with Gasteiger partial charge in [0.1, 0.15) is 0 Å². The van der Waals surface area contributed by atoms with E-state index in [1.54, 1.807) is 19.1 Å². The van der Waals surface area contributed by atoms with E-state index in [-0.39, 0.29) is 5.25 Å². The summed E-state index contributed by atoms with van der Waals surface area (Å²) in [5.74, 6) is 0. The lowest BCUT2D eigenvalue weighted by Gasteiger charge is -1.98. The number of hydrogen-bond donors (Lipinski definition) is 0. The maximum atomic E-state index is 11.6. The fourth-order valence-electron chi connectivity index (χ4n) is 1.59. The molecule has 0 spiro atoms. The first-order valence-electron chi connectivity index (χ1n) is 3.94. The second-order valence-electron chi connectivity index (χ2n) is 3.17. The zero-order valence-electron chi connectivity index (χ0n) is 6.82. The number of benzene rings is 1. The topological polar surface area (TPSA) is 34.1 Å². The first-order chi connectivity index (χ1) is 5.62. The van der Waals surface area contributed by atoms with Gasteiger partial charge < -0.3 is 0 Å². The predicted octanol–water partition coefficient (Wildman–Crippen LogP) is 1.40. The van der Waals surface area contributed by atoms with Crippen LogP contribution in [0.4, 0.5) is 0 Å². The molecule has 1 atom stereocenters. The van der Waals surface area contributed by atoms with Crippen molar-refractivity contribution in [2.45, 2.75) is 23.5 Å². The van der Waals surface area contributed by atoms with Gasteiger partial charge in [-0.05, 0) is 25.0 Å². The molecule has 0 saturated carbocycles. The monoisotopic (exact) mass is 182 g/mol. The molecule has 1 aliphatic rings. The third kappa shape index (κ3) is 0.894. The van der Waals surface area contributed by atoms with Gasteiger partial charge in [0, 0.05) is 0 Å². The highest BCUT2D eigenvalue weighted by Gasteiger charge is 2.32. The molecule has 0 saturated heterocycles. The van der Waals surface area contributed by atoms with E-state index in [0.29, 0.717) is 11.3 Å². The first-order valence-corrected chi connectivity index (χ1v) is 5.49. The van der Waals surface area contributed by atoms with Crippen molar-refractivity contribution in [3.8, 4) is 0 Å². The van der Waals surface area contributed by atoms with Crippen LogP contribution in [0.25, 0.3) is 0 Å². The summed E-state index contributed by atoms with van der Waals surface area (Å²) in [5.41, 5.74) is 0.963. The van der Waals surface area contributed by atoms with Gasteiger partial charge in [-0.2, -0.15) is 0 Å². The molecule has 3 heteroatoms. The molecule has 0 radical (unpaired) electrons. The van der Waals surface area contributed by atoms with Crippen LogP contribution in [-0.4, -0.2) is 13.7 Å². The Labute approximate surface area is 72.1 Å². The third-order valence-electron chi connectivity index (χ3n) is 2.32. The van der Waals surface area contributed by atoms with Crippen molar-refractivity contribution in [1.82, 2.24) is 0 Å². The number of rotatable bonds is 0. The van der Waals surface area contributed by atoms with Crippen LogP contribution < -0.4 is 0 Å². The van der Waals surface area contributed by atoms with Gasteiger partial charge in [0.2, 0.25) is 0 Å². The van der Waals surface area contributed by atoms with Gasteiger partial charge in [-0.15, -0.1) is 0 Å². The zero-order valence-corrected chi connectivity index (χ0v) is 7.64. The minimum atomic E-state index is -2.98. The molecule has 0 unspecified atom stereocenters. The molecular weight excluding hydrogens is 172 g/mol. The molecule has 0 aliphatic carbocycles. The molecule has 0 amide bonds. The molecule has 64 valence electrons. The zero-order chi connectivity index (χ0) is 8.77. The van der Waals surface area contributed by atoms with Crippen molar-refractivity contribution in [3.63, 3.8) is 0 Å². The molecular formula is C9H10O2S. The molecule has 1 aromatic rings. The SMILES string of the molecule is C[C@@H]1Cc2ccccc2S1(=O)=O. The molecule has 0 N–H and O–H groups in total. The van der Waals surface area contributed by atoms with E-state index >= 15 is 0 Å². The van der Waals surface area contributed by atoms with Crippen LogP contribution in [-0.2, 0) is 16.3 Å². The fraction of sp³-hybridized carbons (Fsp3) is 0.333. The fourth-order valence-corrected chi connectivity index (χ4v) is 3.20. The third-order valence-corrected chi connectivity index (χ3v) is 4.55. The average Bonchev–Trinajstić information content (AvgIpc) is 2.25. The maximum Gasteiger partial charge on any atom is 0.181 e. The van der Waals surface area contributed by atoms with E-state index in [2.05, 4.69) is 0 Å². The van der Waals surface area contributed by atoms with Gasteiger partial charge in [-0.25, -0.2) is 8.42 Å². The van der Waals surface area contributed by atoms with Crippen molar-refractivity contribution in [2.75, 3.05) is 0 Å². The summed E-state index contributed by atoms with van der Waals surface area (Å²) < 4.78 is 23.2. The Kier molecular flexibility index (Phi) is 1.51. The predicted molar refractivity (Wildman–Crippen MR) is 46.8 cm³/mol. The molecule has 0 bridgehead atoms. The Bertz CT molecular complexity index is 406. The largest absolute Gasteiger partial charge is 0.223 e. The molecule has 12 heavy (non-hydrogen) atoms. The number of fused-ring (bicyclic) bond motifs is 1. The van der Waals surface area contributed by atoms with Gasteiger partial charge in [-0.3, -0.25) is 0 Å². The van der Waals surface area contributed by atoms with E-state index in [4.69, 9.17) is 0 Å². The highest BCUT2D eigenvalue weighted by Crippen LogP contribution is 2.30. The Morgan fingerprint density at radius 3 is 2.67 bits per heavy atom. The van der Waals surface area contributed by atoms with Crippen molar-refractivity contribution in [3.05, 3.63) is 29.8 Å². The first kappa shape index (κ1) is 7.80. The maximum absolute atomic E-state index is 11.6. The van der Waals surface area contributed by atoms with E-state index in [1.807, 2.05) is 12.1 Å². The molecule has 2 rings (SSSR count). The van der Waals surface area contributed by atoms with Gasteiger partial charge in [0.25, 0.3) is 0 Å². The van der Waals surface area contributed by atoms with Crippen LogP contribution in [0.5, 0.6) is 0 Å². The summed E-state index contributed by atoms with van der Waals surface area (Å²) in [6.45, 7) is 1.76. The molecule has 1 heterocycles. The molecule has 0 aromatic heterocycles. The summed E-state index contributed by atoms with van der Waals surface area (Å²) in [5, 5.41) is -0.241. The molecule has 0 fully saturated rings. The van der Waals surface area contributed by atoms with Crippen LogP contribution >= 0.6 is 0 Å². The van der Waals surface area contributed by atoms with Gasteiger partial charge in [-0.1, -0.05) is 18.2 Å². The second kappa shape index (κ2) is 2.33. The summed E-state index contributed by atoms with van der Waals surface area (Å²) in [6.07, 6.45) is 0.665. The summed E-state index contributed by atoms with van der Waals surface area (Å²) in [6, 6.07) is 7.23. The summed E-state index contributed by atoms with van der Waals surface area (Å²) in [7, 11) is -2.98. The lowest BCUT2D eigenvalue weighted by molar-refractivity contribution is 0.590. The van der Waals surface area contributed by atoms with Gasteiger partial charge >= 0.3 is 0 Å². The molecule has 2 nitrogen and oxygen atoms in total. The van der Waals surface area contributed by atoms with Crippen LogP contribution in [0.1, 0.15) is 12.5 Å². The Morgan fingerprint density at radius 1 is 1.33 bits per heavy atom. The quantitative estimate of drug-likeness (QED) is 0.608. The number of hydrogen-bond acceptors (Lipinski definition) is 2. The Hall–Kier alpha value is -0.830. The summed E-state index contributed by atoms with van der Waals surface area (Å²) >= 11 is 0. The molecule has 1 aliphatic heterocycles. The standard InChI is InChI=1S/C9H10O2S/c1-7-6-8-4-2-3-5-9(8)12(7,10)11/h2-5,7H,6H2,1H3/t7-/m1/s1. The Morgan fingerprint density at radius 2 is 2.00 bits per heavy atom. The van der Waals surface area contributed by atoms with E-state index < -0.39 is 9.84 Å². The van der Waals surface area contributed by atoms with Crippen molar-refractivity contribution in [1.29, 1.82) is 0 Å². The Balaban J connectivity index is 2.72. The highest BCUT2D eigenvalue weighted by molar-refractivity contribution is 7.92. The lowest BCUT2D eigenvalue weighted by Crippen LogP contribution is -2.11. The van der Waals surface area contributed by atoms with E-state index in [0.717, 1.165) is 5.56 Å². The van der Waals surface area contributed by atoms with Crippen molar-refractivity contribution in [2.24, 2.45) is 0 Å². The van der Waals surface area contributed by atoms with Crippen molar-refractivity contribution < 1.29 is 8.42 Å². The van der Waals surface area contributed by atoms with E-state index in [1.165, 1.54) is 0 Å². The average molecular weight is 182 g/mol. The van der Waals surface area contributed by atoms with Crippen molar-refractivity contribution >= 4 is 9.84 Å². The normalized spacial score (nSPS) is 25.2. The highest BCUT2D eigenvalue weighted by atomic mass is 32.2. The van der Waals surface area contributed by atoms with Crippen LogP contribution in [0.15, 0.2) is 29.2 Å².